The SMILES string of the molecule is CCc1cnc(C)nc1N1CCC[C@H](N2CCN(c3ccccc3OC)CC2)C1. The highest BCUT2D eigenvalue weighted by molar-refractivity contribution is 5.58. The smallest absolute Gasteiger partial charge is 0.142 e. The number of hydrogen-bond donors (Lipinski definition) is 0. The first kappa shape index (κ1) is 20.0. The summed E-state index contributed by atoms with van der Waals surface area (Å²) in [6, 6.07) is 8.95. The van der Waals surface area contributed by atoms with E-state index in [1.807, 2.05) is 19.2 Å². The van der Waals surface area contributed by atoms with Crippen LogP contribution in [0.1, 0.15) is 31.2 Å². The van der Waals surface area contributed by atoms with Crippen LogP contribution in [0, 0.1) is 6.92 Å². The van der Waals surface area contributed by atoms with Crippen LogP contribution in [0.3, 0.4) is 0 Å². The van der Waals surface area contributed by atoms with Gasteiger partial charge in [-0.15, -0.1) is 0 Å². The van der Waals surface area contributed by atoms with Crippen molar-refractivity contribution in [2.24, 2.45) is 0 Å². The lowest BCUT2D eigenvalue weighted by Crippen LogP contribution is -2.55. The van der Waals surface area contributed by atoms with Gasteiger partial charge in [-0.25, -0.2) is 9.97 Å². The third-order valence-electron chi connectivity index (χ3n) is 6.30. The molecule has 6 heteroatoms. The predicted molar refractivity (Wildman–Crippen MR) is 118 cm³/mol. The standard InChI is InChI=1S/C23H33N5O/c1-4-19-16-24-18(2)25-23(19)28-11-7-8-20(17-28)26-12-14-27(15-13-26)21-9-5-6-10-22(21)29-3/h5-6,9-10,16,20H,4,7-8,11-15,17H2,1-3H3/t20-/m0/s1. The lowest BCUT2D eigenvalue weighted by atomic mass is 10.0. The van der Waals surface area contributed by atoms with Crippen LogP contribution in [0.4, 0.5) is 11.5 Å². The van der Waals surface area contributed by atoms with Gasteiger partial charge >= 0.3 is 0 Å². The van der Waals surface area contributed by atoms with Crippen molar-refractivity contribution < 1.29 is 4.74 Å². The van der Waals surface area contributed by atoms with E-state index in [9.17, 15) is 0 Å². The molecule has 1 aromatic carbocycles. The molecular weight excluding hydrogens is 362 g/mol. The molecule has 2 aromatic rings. The van der Waals surface area contributed by atoms with Crippen LogP contribution >= 0.6 is 0 Å². The highest BCUT2D eigenvalue weighted by atomic mass is 16.5. The molecule has 0 unspecified atom stereocenters. The van der Waals surface area contributed by atoms with Crippen molar-refractivity contribution in [1.82, 2.24) is 14.9 Å². The lowest BCUT2D eigenvalue weighted by molar-refractivity contribution is 0.166. The van der Waals surface area contributed by atoms with E-state index >= 15 is 0 Å². The molecule has 2 fully saturated rings. The highest BCUT2D eigenvalue weighted by Gasteiger charge is 2.30. The van der Waals surface area contributed by atoms with E-state index in [2.05, 4.69) is 44.8 Å². The molecule has 29 heavy (non-hydrogen) atoms. The summed E-state index contributed by atoms with van der Waals surface area (Å²) in [5.74, 6) is 2.98. The Labute approximate surface area is 174 Å². The second-order valence-electron chi connectivity index (χ2n) is 8.06. The van der Waals surface area contributed by atoms with Crippen molar-refractivity contribution in [3.8, 4) is 5.75 Å². The number of anilines is 2. The summed E-state index contributed by atoms with van der Waals surface area (Å²) in [5, 5.41) is 0. The molecular formula is C23H33N5O. The van der Waals surface area contributed by atoms with Crippen LogP contribution < -0.4 is 14.5 Å². The van der Waals surface area contributed by atoms with E-state index in [1.54, 1.807) is 7.11 Å². The number of piperazine rings is 1. The molecule has 3 heterocycles. The van der Waals surface area contributed by atoms with Crippen LogP contribution in [-0.2, 0) is 6.42 Å². The molecule has 2 aliphatic rings. The summed E-state index contributed by atoms with van der Waals surface area (Å²) in [7, 11) is 1.76. The molecule has 0 spiro atoms. The van der Waals surface area contributed by atoms with Crippen LogP contribution in [0.15, 0.2) is 30.5 Å². The van der Waals surface area contributed by atoms with Gasteiger partial charge in [0.1, 0.15) is 17.4 Å². The number of ether oxygens (including phenoxy) is 1. The molecule has 0 bridgehead atoms. The van der Waals surface area contributed by atoms with Crippen molar-refractivity contribution in [3.63, 3.8) is 0 Å². The van der Waals surface area contributed by atoms with Crippen LogP contribution in [0.5, 0.6) is 5.75 Å². The summed E-state index contributed by atoms with van der Waals surface area (Å²) in [4.78, 5) is 16.8. The van der Waals surface area contributed by atoms with Gasteiger partial charge < -0.3 is 14.5 Å². The average molecular weight is 396 g/mol. The van der Waals surface area contributed by atoms with E-state index in [1.165, 1.54) is 24.1 Å². The third-order valence-corrected chi connectivity index (χ3v) is 6.30. The normalized spacial score (nSPS) is 20.7. The van der Waals surface area contributed by atoms with Gasteiger partial charge in [-0.05, 0) is 38.3 Å². The quantitative estimate of drug-likeness (QED) is 0.775. The number of hydrogen-bond acceptors (Lipinski definition) is 6. The van der Waals surface area contributed by atoms with Crippen LogP contribution in [0.25, 0.3) is 0 Å². The largest absolute Gasteiger partial charge is 0.495 e. The minimum absolute atomic E-state index is 0.601. The zero-order valence-corrected chi connectivity index (χ0v) is 18.0. The molecule has 6 nitrogen and oxygen atoms in total. The Kier molecular flexibility index (Phi) is 6.19. The lowest BCUT2D eigenvalue weighted by Gasteiger charge is -2.44. The number of methoxy groups -OCH3 is 1. The number of para-hydroxylation sites is 2. The average Bonchev–Trinajstić information content (AvgIpc) is 2.79. The Bertz CT molecular complexity index is 819. The molecule has 0 N–H and O–H groups in total. The molecule has 0 saturated carbocycles. The van der Waals surface area contributed by atoms with E-state index < -0.39 is 0 Å². The van der Waals surface area contributed by atoms with Gasteiger partial charge in [-0.1, -0.05) is 19.1 Å². The van der Waals surface area contributed by atoms with Gasteiger partial charge in [0.05, 0.1) is 12.8 Å². The highest BCUT2D eigenvalue weighted by Crippen LogP contribution is 2.30. The monoisotopic (exact) mass is 395 g/mol. The Morgan fingerprint density at radius 1 is 1.07 bits per heavy atom. The molecule has 156 valence electrons. The molecule has 2 aliphatic heterocycles. The predicted octanol–water partition coefficient (Wildman–Crippen LogP) is 3.15. The second-order valence-corrected chi connectivity index (χ2v) is 8.06. The van der Waals surface area contributed by atoms with Crippen LogP contribution in [0.2, 0.25) is 0 Å². The van der Waals surface area contributed by atoms with Gasteiger partial charge in [0.15, 0.2) is 0 Å². The molecule has 1 atom stereocenters. The van der Waals surface area contributed by atoms with Crippen molar-refractivity contribution in [1.29, 1.82) is 0 Å². The van der Waals surface area contributed by atoms with Crippen molar-refractivity contribution in [2.75, 3.05) is 56.2 Å². The Morgan fingerprint density at radius 3 is 2.62 bits per heavy atom. The first-order valence-corrected chi connectivity index (χ1v) is 10.9. The molecule has 4 rings (SSSR count). The maximum absolute atomic E-state index is 5.56. The van der Waals surface area contributed by atoms with E-state index in [-0.39, 0.29) is 0 Å². The Hall–Kier alpha value is -2.34. The van der Waals surface area contributed by atoms with Gasteiger partial charge in [-0.2, -0.15) is 0 Å². The fourth-order valence-corrected chi connectivity index (χ4v) is 4.67. The number of benzene rings is 1. The maximum atomic E-state index is 5.56. The third kappa shape index (κ3) is 4.32. The molecule has 0 amide bonds. The number of aromatic nitrogens is 2. The number of nitrogens with zero attached hydrogens (tertiary/aromatic N) is 5. The van der Waals surface area contributed by atoms with Crippen molar-refractivity contribution in [3.05, 3.63) is 41.9 Å². The maximum Gasteiger partial charge on any atom is 0.142 e. The molecule has 1 aromatic heterocycles. The summed E-state index contributed by atoms with van der Waals surface area (Å²) in [6.07, 6.45) is 5.49. The number of piperidine rings is 1. The summed E-state index contributed by atoms with van der Waals surface area (Å²) in [5.41, 5.74) is 2.47. The van der Waals surface area contributed by atoms with Gasteiger partial charge in [-0.3, -0.25) is 4.90 Å². The Balaban J connectivity index is 1.41. The summed E-state index contributed by atoms with van der Waals surface area (Å²) >= 11 is 0. The topological polar surface area (TPSA) is 44.7 Å². The fraction of sp³-hybridized carbons (Fsp3) is 0.565. The minimum Gasteiger partial charge on any atom is -0.495 e. The first-order chi connectivity index (χ1) is 14.2. The van der Waals surface area contributed by atoms with E-state index in [0.717, 1.165) is 63.1 Å². The first-order valence-electron chi connectivity index (χ1n) is 10.9. The van der Waals surface area contributed by atoms with E-state index in [4.69, 9.17) is 9.72 Å². The minimum atomic E-state index is 0.601. The summed E-state index contributed by atoms with van der Waals surface area (Å²) < 4.78 is 5.56. The van der Waals surface area contributed by atoms with Gasteiger partial charge in [0.25, 0.3) is 0 Å². The fourth-order valence-electron chi connectivity index (χ4n) is 4.67. The second kappa shape index (κ2) is 8.99. The van der Waals surface area contributed by atoms with Gasteiger partial charge in [0, 0.05) is 57.1 Å². The Morgan fingerprint density at radius 2 is 1.86 bits per heavy atom. The molecule has 0 aliphatic carbocycles. The zero-order valence-electron chi connectivity index (χ0n) is 18.0. The van der Waals surface area contributed by atoms with Crippen molar-refractivity contribution >= 4 is 11.5 Å². The van der Waals surface area contributed by atoms with Crippen LogP contribution in [-0.4, -0.2) is 67.3 Å². The van der Waals surface area contributed by atoms with Gasteiger partial charge in [0.2, 0.25) is 0 Å². The zero-order chi connectivity index (χ0) is 20.2. The number of aryl methyl sites for hydroxylation is 2. The van der Waals surface area contributed by atoms with E-state index in [0.29, 0.717) is 6.04 Å². The number of rotatable bonds is 5. The molecule has 0 radical (unpaired) electrons. The molecule has 2 saturated heterocycles. The van der Waals surface area contributed by atoms with Crippen molar-refractivity contribution in [2.45, 2.75) is 39.2 Å². The summed E-state index contributed by atoms with van der Waals surface area (Å²) in [6.45, 7) is 10.6.